The highest BCUT2D eigenvalue weighted by atomic mass is 19.1. The van der Waals surface area contributed by atoms with E-state index in [0.717, 1.165) is 0 Å². The van der Waals surface area contributed by atoms with Crippen LogP contribution in [-0.2, 0) is 11.2 Å². The van der Waals surface area contributed by atoms with Gasteiger partial charge in [-0.15, -0.1) is 0 Å². The van der Waals surface area contributed by atoms with Crippen molar-refractivity contribution in [1.82, 2.24) is 20.5 Å². The first kappa shape index (κ1) is 13.0. The Morgan fingerprint density at radius 2 is 2.16 bits per heavy atom. The van der Waals surface area contributed by atoms with Crippen LogP contribution in [0.3, 0.4) is 0 Å². The van der Waals surface area contributed by atoms with Gasteiger partial charge in [0.1, 0.15) is 23.7 Å². The number of hydrogen-bond donors (Lipinski definition) is 2. The summed E-state index contributed by atoms with van der Waals surface area (Å²) in [4.78, 5) is 15.4. The van der Waals surface area contributed by atoms with Crippen LogP contribution in [0.2, 0.25) is 0 Å². The van der Waals surface area contributed by atoms with Crippen LogP contribution in [0, 0.1) is 5.82 Å². The van der Waals surface area contributed by atoms with Gasteiger partial charge in [-0.2, -0.15) is 5.10 Å². The number of carbonyl (C=O) groups excluding carboxylic acids is 1. The highest BCUT2D eigenvalue weighted by Gasteiger charge is 2.03. The average molecular weight is 264 g/mol. The average Bonchev–Trinajstić information content (AvgIpc) is 2.91. The number of amides is 1. The summed E-state index contributed by atoms with van der Waals surface area (Å²) in [5.74, 6) is 0.569. The largest absolute Gasteiger partial charge is 0.484 e. The van der Waals surface area contributed by atoms with Crippen LogP contribution in [0.15, 0.2) is 30.6 Å². The summed E-state index contributed by atoms with van der Waals surface area (Å²) in [5.41, 5.74) is 0. The molecule has 19 heavy (non-hydrogen) atoms. The third kappa shape index (κ3) is 4.38. The third-order valence-corrected chi connectivity index (χ3v) is 2.33. The monoisotopic (exact) mass is 264 g/mol. The molecule has 100 valence electrons. The summed E-state index contributed by atoms with van der Waals surface area (Å²) >= 11 is 0. The molecule has 0 aliphatic rings. The Balaban J connectivity index is 1.65. The van der Waals surface area contributed by atoms with Gasteiger partial charge in [-0.3, -0.25) is 9.89 Å². The van der Waals surface area contributed by atoms with Crippen molar-refractivity contribution in [3.8, 4) is 5.75 Å². The molecule has 7 heteroatoms. The first-order chi connectivity index (χ1) is 9.24. The SMILES string of the molecule is O=C(COc1ccc(F)cc1)NCCc1ncn[nH]1. The Hall–Kier alpha value is -2.44. The van der Waals surface area contributed by atoms with Crippen LogP contribution < -0.4 is 10.1 Å². The fourth-order valence-electron chi connectivity index (χ4n) is 1.40. The predicted octanol–water partition coefficient (Wildman–Crippen LogP) is 0.681. The highest BCUT2D eigenvalue weighted by Crippen LogP contribution is 2.10. The lowest BCUT2D eigenvalue weighted by molar-refractivity contribution is -0.123. The van der Waals surface area contributed by atoms with Crippen LogP contribution >= 0.6 is 0 Å². The number of rotatable bonds is 6. The van der Waals surface area contributed by atoms with Gasteiger partial charge >= 0.3 is 0 Å². The standard InChI is InChI=1S/C12H13FN4O2/c13-9-1-3-10(4-2-9)19-7-12(18)14-6-5-11-15-8-16-17-11/h1-4,8H,5-7H2,(H,14,18)(H,15,16,17). The lowest BCUT2D eigenvalue weighted by atomic mass is 10.3. The zero-order valence-electron chi connectivity index (χ0n) is 10.1. The van der Waals surface area contributed by atoms with E-state index in [4.69, 9.17) is 4.74 Å². The summed E-state index contributed by atoms with van der Waals surface area (Å²) < 4.78 is 17.8. The van der Waals surface area contributed by atoms with Gasteiger partial charge in [0.15, 0.2) is 6.61 Å². The molecule has 2 N–H and O–H groups in total. The second-order valence-electron chi connectivity index (χ2n) is 3.77. The molecule has 0 spiro atoms. The predicted molar refractivity (Wildman–Crippen MR) is 65.0 cm³/mol. The van der Waals surface area contributed by atoms with Crippen molar-refractivity contribution in [2.75, 3.05) is 13.2 Å². The van der Waals surface area contributed by atoms with E-state index in [0.29, 0.717) is 24.5 Å². The molecule has 1 heterocycles. The van der Waals surface area contributed by atoms with Crippen LogP contribution in [0.4, 0.5) is 4.39 Å². The van der Waals surface area contributed by atoms with Gasteiger partial charge in [-0.25, -0.2) is 9.37 Å². The van der Waals surface area contributed by atoms with Crippen molar-refractivity contribution in [3.63, 3.8) is 0 Å². The van der Waals surface area contributed by atoms with Crippen molar-refractivity contribution in [2.24, 2.45) is 0 Å². The smallest absolute Gasteiger partial charge is 0.257 e. The molecule has 0 saturated heterocycles. The number of aromatic amines is 1. The number of benzene rings is 1. The maximum absolute atomic E-state index is 12.6. The van der Waals surface area contributed by atoms with Crippen molar-refractivity contribution < 1.29 is 13.9 Å². The van der Waals surface area contributed by atoms with Crippen LogP contribution in [-0.4, -0.2) is 34.2 Å². The molecule has 1 aromatic heterocycles. The molecule has 0 atom stereocenters. The molecular formula is C12H13FN4O2. The minimum atomic E-state index is -0.344. The topological polar surface area (TPSA) is 79.9 Å². The molecule has 0 radical (unpaired) electrons. The Bertz CT molecular complexity index is 513. The number of H-pyrrole nitrogens is 1. The molecule has 2 aromatic rings. The lowest BCUT2D eigenvalue weighted by Crippen LogP contribution is -2.30. The number of halogens is 1. The molecular weight excluding hydrogens is 251 g/mol. The Morgan fingerprint density at radius 1 is 1.37 bits per heavy atom. The number of carbonyl (C=O) groups is 1. The summed E-state index contributed by atoms with van der Waals surface area (Å²) in [5, 5.41) is 9.07. The molecule has 2 rings (SSSR count). The quantitative estimate of drug-likeness (QED) is 0.804. The minimum Gasteiger partial charge on any atom is -0.484 e. The summed E-state index contributed by atoms with van der Waals surface area (Å²) in [6.45, 7) is 0.336. The fraction of sp³-hybridized carbons (Fsp3) is 0.250. The van der Waals surface area contributed by atoms with Crippen molar-refractivity contribution in [3.05, 3.63) is 42.2 Å². The van der Waals surface area contributed by atoms with Gasteiger partial charge in [0.05, 0.1) is 0 Å². The number of aromatic nitrogens is 3. The van der Waals surface area contributed by atoms with Crippen LogP contribution in [0.25, 0.3) is 0 Å². The first-order valence-corrected chi connectivity index (χ1v) is 5.73. The molecule has 0 aliphatic heterocycles. The number of nitrogens with zero attached hydrogens (tertiary/aromatic N) is 2. The third-order valence-electron chi connectivity index (χ3n) is 2.33. The van der Waals surface area contributed by atoms with Gasteiger partial charge in [0.2, 0.25) is 0 Å². The summed E-state index contributed by atoms with van der Waals surface area (Å²) in [6, 6.07) is 5.49. The van der Waals surface area contributed by atoms with E-state index in [1.54, 1.807) is 0 Å². The molecule has 1 aromatic carbocycles. The van der Waals surface area contributed by atoms with Crippen LogP contribution in [0.5, 0.6) is 5.75 Å². The summed E-state index contributed by atoms with van der Waals surface area (Å²) in [6.07, 6.45) is 1.98. The van der Waals surface area contributed by atoms with Crippen molar-refractivity contribution >= 4 is 5.91 Å². The zero-order chi connectivity index (χ0) is 13.5. The molecule has 0 aliphatic carbocycles. The van der Waals surface area contributed by atoms with E-state index in [9.17, 15) is 9.18 Å². The van der Waals surface area contributed by atoms with Gasteiger partial charge in [-0.05, 0) is 24.3 Å². The number of ether oxygens (including phenoxy) is 1. The molecule has 0 unspecified atom stereocenters. The maximum atomic E-state index is 12.6. The molecule has 1 amide bonds. The molecule has 6 nitrogen and oxygen atoms in total. The van der Waals surface area contributed by atoms with Crippen molar-refractivity contribution in [2.45, 2.75) is 6.42 Å². The van der Waals surface area contributed by atoms with Gasteiger partial charge in [0.25, 0.3) is 5.91 Å². The molecule has 0 bridgehead atoms. The van der Waals surface area contributed by atoms with E-state index < -0.39 is 0 Å². The second kappa shape index (κ2) is 6.48. The maximum Gasteiger partial charge on any atom is 0.257 e. The molecule has 0 saturated carbocycles. The van der Waals surface area contributed by atoms with E-state index in [-0.39, 0.29) is 18.3 Å². The lowest BCUT2D eigenvalue weighted by Gasteiger charge is -2.06. The second-order valence-corrected chi connectivity index (χ2v) is 3.77. The fourth-order valence-corrected chi connectivity index (χ4v) is 1.40. The van der Waals surface area contributed by atoms with E-state index >= 15 is 0 Å². The van der Waals surface area contributed by atoms with E-state index in [1.807, 2.05) is 0 Å². The van der Waals surface area contributed by atoms with Crippen LogP contribution in [0.1, 0.15) is 5.82 Å². The Kier molecular flexibility index (Phi) is 4.44. The number of hydrogen-bond acceptors (Lipinski definition) is 4. The zero-order valence-corrected chi connectivity index (χ0v) is 10.1. The highest BCUT2D eigenvalue weighted by molar-refractivity contribution is 5.77. The summed E-state index contributed by atoms with van der Waals surface area (Å²) in [7, 11) is 0. The Labute approximate surface area is 109 Å². The van der Waals surface area contributed by atoms with Crippen molar-refractivity contribution in [1.29, 1.82) is 0 Å². The van der Waals surface area contributed by atoms with E-state index in [1.165, 1.54) is 30.6 Å². The van der Waals surface area contributed by atoms with Gasteiger partial charge in [0, 0.05) is 13.0 Å². The van der Waals surface area contributed by atoms with Gasteiger partial charge in [-0.1, -0.05) is 0 Å². The first-order valence-electron chi connectivity index (χ1n) is 5.73. The van der Waals surface area contributed by atoms with E-state index in [2.05, 4.69) is 20.5 Å². The van der Waals surface area contributed by atoms with Gasteiger partial charge < -0.3 is 10.1 Å². The minimum absolute atomic E-state index is 0.109. The number of nitrogens with one attached hydrogen (secondary N) is 2. The molecule has 0 fully saturated rings. The normalized spacial score (nSPS) is 10.2. The Morgan fingerprint density at radius 3 is 2.84 bits per heavy atom.